The van der Waals surface area contributed by atoms with Gasteiger partial charge in [-0.15, -0.1) is 0 Å². The van der Waals surface area contributed by atoms with Crippen LogP contribution in [0, 0.1) is 5.92 Å². The van der Waals surface area contributed by atoms with Gasteiger partial charge in [-0.3, -0.25) is 14.3 Å². The number of carboxylic acids is 1. The Kier molecular flexibility index (Phi) is 7.30. The number of carbonyl (C=O) groups is 3. The molecule has 2 aromatic rings. The van der Waals surface area contributed by atoms with E-state index in [1.807, 2.05) is 0 Å². The van der Waals surface area contributed by atoms with Crippen LogP contribution in [0.1, 0.15) is 45.7 Å². The summed E-state index contributed by atoms with van der Waals surface area (Å²) in [6, 6.07) is 2.45. The zero-order chi connectivity index (χ0) is 27.8. The van der Waals surface area contributed by atoms with Crippen molar-refractivity contribution in [1.29, 1.82) is 0 Å². The van der Waals surface area contributed by atoms with Crippen LogP contribution in [0.2, 0.25) is 0 Å². The van der Waals surface area contributed by atoms with Crippen LogP contribution in [0.3, 0.4) is 0 Å². The highest BCUT2D eigenvalue weighted by Gasteiger charge is 2.37. The van der Waals surface area contributed by atoms with Crippen LogP contribution in [0.15, 0.2) is 24.3 Å². The summed E-state index contributed by atoms with van der Waals surface area (Å²) in [4.78, 5) is 39.1. The van der Waals surface area contributed by atoms with Gasteiger partial charge in [-0.2, -0.15) is 31.4 Å². The molecule has 1 N–H and O–H groups in total. The zero-order valence-electron chi connectivity index (χ0n) is 19.7. The first kappa shape index (κ1) is 27.3. The molecule has 0 saturated carbocycles. The van der Waals surface area contributed by atoms with Gasteiger partial charge in [-0.25, -0.2) is 4.79 Å². The first-order chi connectivity index (χ1) is 17.7. The van der Waals surface area contributed by atoms with Gasteiger partial charge in [0.2, 0.25) is 0 Å². The second-order valence-corrected chi connectivity index (χ2v) is 9.04. The van der Waals surface area contributed by atoms with Gasteiger partial charge in [-0.1, -0.05) is 0 Å². The highest BCUT2D eigenvalue weighted by molar-refractivity contribution is 5.92. The Morgan fingerprint density at radius 1 is 0.895 bits per heavy atom. The van der Waals surface area contributed by atoms with E-state index in [0.717, 1.165) is 0 Å². The molecule has 15 heteroatoms. The minimum absolute atomic E-state index is 0.00956. The quantitative estimate of drug-likeness (QED) is 0.579. The minimum atomic E-state index is -5.02. The van der Waals surface area contributed by atoms with Crippen molar-refractivity contribution in [1.82, 2.24) is 19.6 Å². The number of likely N-dealkylation sites (tertiary alicyclic amines) is 1. The fourth-order valence-corrected chi connectivity index (χ4v) is 4.36. The predicted molar refractivity (Wildman–Crippen MR) is 116 cm³/mol. The summed E-state index contributed by atoms with van der Waals surface area (Å²) in [6.07, 6.45) is -10.3. The molecule has 38 heavy (non-hydrogen) atoms. The molecular formula is C23H22F6N4O5. The Hall–Kier alpha value is -3.78. The van der Waals surface area contributed by atoms with Gasteiger partial charge in [0.05, 0.1) is 35.8 Å². The van der Waals surface area contributed by atoms with Gasteiger partial charge >= 0.3 is 24.4 Å². The molecule has 1 aromatic carbocycles. The molecule has 0 spiro atoms. The maximum absolute atomic E-state index is 13.1. The molecule has 1 saturated heterocycles. The summed E-state index contributed by atoms with van der Waals surface area (Å²) in [6.45, 7) is -0.0551. The topological polar surface area (TPSA) is 105 Å². The maximum Gasteiger partial charge on any atom is 0.416 e. The number of carbonyl (C=O) groups excluding carboxylic acids is 2. The van der Waals surface area contributed by atoms with E-state index in [2.05, 4.69) is 5.10 Å². The van der Waals surface area contributed by atoms with Gasteiger partial charge in [0, 0.05) is 19.6 Å². The van der Waals surface area contributed by atoms with Crippen molar-refractivity contribution in [2.75, 3.05) is 19.6 Å². The smallest absolute Gasteiger partial charge is 0.416 e. The molecule has 1 aromatic heterocycles. The normalized spacial score (nSPS) is 16.8. The van der Waals surface area contributed by atoms with Crippen LogP contribution in [0.4, 0.5) is 31.1 Å². The Labute approximate surface area is 211 Å². The van der Waals surface area contributed by atoms with Gasteiger partial charge < -0.3 is 19.6 Å². The molecule has 206 valence electrons. The van der Waals surface area contributed by atoms with Crippen LogP contribution in [0.5, 0.6) is 0 Å². The van der Waals surface area contributed by atoms with Gasteiger partial charge in [0.1, 0.15) is 6.61 Å². The first-order valence-electron chi connectivity index (χ1n) is 11.5. The van der Waals surface area contributed by atoms with Gasteiger partial charge in [0.25, 0.3) is 5.91 Å². The Bertz CT molecular complexity index is 1200. The number of aliphatic carboxylic acids is 1. The second kappa shape index (κ2) is 10.2. The number of fused-ring (bicyclic) bond motifs is 1. The Morgan fingerprint density at radius 2 is 1.50 bits per heavy atom. The summed E-state index contributed by atoms with van der Waals surface area (Å²) < 4.78 is 84.8. The van der Waals surface area contributed by atoms with Crippen LogP contribution in [-0.4, -0.2) is 62.3 Å². The molecule has 2 aliphatic rings. The molecule has 2 aliphatic heterocycles. The summed E-state index contributed by atoms with van der Waals surface area (Å²) in [7, 11) is 0. The van der Waals surface area contributed by atoms with E-state index in [1.165, 1.54) is 20.5 Å². The summed E-state index contributed by atoms with van der Waals surface area (Å²) in [5.74, 6) is -1.80. The number of nitrogens with zero attached hydrogens (tertiary/aromatic N) is 4. The van der Waals surface area contributed by atoms with E-state index in [-0.39, 0.29) is 50.4 Å². The SMILES string of the molecule is O=C(O)C1CCN(C(=O)c2cc3n(n2)CCN(C(=O)OCc2cc(C(F)(F)F)cc(C(F)(F)F)c2)C3)CC1. The molecule has 9 nitrogen and oxygen atoms in total. The number of aromatic nitrogens is 2. The lowest BCUT2D eigenvalue weighted by Gasteiger charge is -2.29. The van der Waals surface area contributed by atoms with E-state index in [9.17, 15) is 40.7 Å². The predicted octanol–water partition coefficient (Wildman–Crippen LogP) is 4.01. The highest BCUT2D eigenvalue weighted by Crippen LogP contribution is 2.36. The summed E-state index contributed by atoms with van der Waals surface area (Å²) >= 11 is 0. The molecular weight excluding hydrogens is 526 g/mol. The van der Waals surface area contributed by atoms with Crippen molar-refractivity contribution in [2.45, 2.75) is 44.9 Å². The first-order valence-corrected chi connectivity index (χ1v) is 11.5. The molecule has 0 unspecified atom stereocenters. The van der Waals surface area contributed by atoms with E-state index >= 15 is 0 Å². The molecule has 0 aliphatic carbocycles. The summed E-state index contributed by atoms with van der Waals surface area (Å²) in [5.41, 5.74) is -2.89. The van der Waals surface area contributed by atoms with E-state index in [0.29, 0.717) is 30.7 Å². The molecule has 3 heterocycles. The number of hydrogen-bond donors (Lipinski definition) is 1. The van der Waals surface area contributed by atoms with Crippen LogP contribution < -0.4 is 0 Å². The zero-order valence-corrected chi connectivity index (χ0v) is 19.7. The average molecular weight is 548 g/mol. The number of piperidine rings is 1. The molecule has 0 bridgehead atoms. The third-order valence-corrected chi connectivity index (χ3v) is 6.42. The fraction of sp³-hybridized carbons (Fsp3) is 0.478. The molecule has 4 rings (SSSR count). The third-order valence-electron chi connectivity index (χ3n) is 6.42. The summed E-state index contributed by atoms with van der Waals surface area (Å²) in [5, 5.41) is 13.4. The standard InChI is InChI=1S/C23H22F6N4O5/c24-22(25,26)15-7-13(8-16(9-15)23(27,28)29)12-38-21(37)32-5-6-33-17(11-32)10-18(30-33)19(34)31-3-1-14(2-4-31)20(35)36/h7-10,14H,1-6,11-12H2,(H,35,36). The van der Waals surface area contributed by atoms with E-state index in [1.54, 1.807) is 0 Å². The number of ether oxygens (including phenoxy) is 1. The highest BCUT2D eigenvalue weighted by atomic mass is 19.4. The molecule has 1 fully saturated rings. The number of rotatable bonds is 4. The van der Waals surface area contributed by atoms with Crippen LogP contribution in [-0.2, 0) is 41.6 Å². The van der Waals surface area contributed by atoms with Crippen molar-refractivity contribution < 1.29 is 50.6 Å². The largest absolute Gasteiger partial charge is 0.481 e. The number of hydrogen-bond acceptors (Lipinski definition) is 5. The van der Waals surface area contributed by atoms with E-state index in [4.69, 9.17) is 9.84 Å². The van der Waals surface area contributed by atoms with E-state index < -0.39 is 53.6 Å². The lowest BCUT2D eigenvalue weighted by molar-refractivity contribution is -0.144. The number of alkyl halides is 6. The Balaban J connectivity index is 1.39. The molecule has 2 amide bonds. The monoisotopic (exact) mass is 548 g/mol. The number of benzene rings is 1. The average Bonchev–Trinajstić information content (AvgIpc) is 3.29. The van der Waals surface area contributed by atoms with Gasteiger partial charge in [-0.05, 0) is 42.7 Å². The van der Waals surface area contributed by atoms with Gasteiger partial charge in [0.15, 0.2) is 5.69 Å². The van der Waals surface area contributed by atoms with Crippen LogP contribution >= 0.6 is 0 Å². The third kappa shape index (κ3) is 6.02. The van der Waals surface area contributed by atoms with Crippen LogP contribution in [0.25, 0.3) is 0 Å². The van der Waals surface area contributed by atoms with Crippen molar-refractivity contribution in [3.05, 3.63) is 52.3 Å². The van der Waals surface area contributed by atoms with Crippen molar-refractivity contribution >= 4 is 18.0 Å². The fourth-order valence-electron chi connectivity index (χ4n) is 4.36. The number of carboxylic acid groups (broad SMARTS) is 1. The van der Waals surface area contributed by atoms with Crippen molar-refractivity contribution in [3.8, 4) is 0 Å². The van der Waals surface area contributed by atoms with Crippen molar-refractivity contribution in [2.24, 2.45) is 5.92 Å². The second-order valence-electron chi connectivity index (χ2n) is 9.04. The molecule has 0 radical (unpaired) electrons. The number of halogens is 6. The minimum Gasteiger partial charge on any atom is -0.481 e. The lowest BCUT2D eigenvalue weighted by atomic mass is 9.97. The maximum atomic E-state index is 13.1. The van der Waals surface area contributed by atoms with Crippen molar-refractivity contribution in [3.63, 3.8) is 0 Å². The lowest BCUT2D eigenvalue weighted by Crippen LogP contribution is -2.40. The Morgan fingerprint density at radius 3 is 2.05 bits per heavy atom. The number of amides is 2. The molecule has 0 atom stereocenters.